The van der Waals surface area contributed by atoms with Crippen molar-refractivity contribution in [3.05, 3.63) is 28.8 Å². The highest BCUT2D eigenvalue weighted by atomic mass is 35.5. The summed E-state index contributed by atoms with van der Waals surface area (Å²) in [6.45, 7) is 3.86. The second kappa shape index (κ2) is 4.85. The predicted molar refractivity (Wildman–Crippen MR) is 66.4 cm³/mol. The molecular formula is C12H16ClNO2. The number of hydrogen-bond donors (Lipinski definition) is 1. The van der Waals surface area contributed by atoms with Crippen LogP contribution in [0.4, 0.5) is 5.69 Å². The molecule has 0 atom stereocenters. The predicted octanol–water partition coefficient (Wildman–Crippen LogP) is 2.36. The Hall–Kier alpha value is -1.06. The maximum Gasteiger partial charge on any atom is 0.153 e. The van der Waals surface area contributed by atoms with Gasteiger partial charge in [0.1, 0.15) is 0 Å². The highest BCUT2D eigenvalue weighted by molar-refractivity contribution is 6.33. The van der Waals surface area contributed by atoms with Crippen LogP contribution < -0.4 is 4.90 Å². The van der Waals surface area contributed by atoms with E-state index in [0.717, 1.165) is 12.0 Å². The van der Waals surface area contributed by atoms with Crippen LogP contribution in [0, 0.1) is 0 Å². The Bertz CT molecular complexity index is 385. The smallest absolute Gasteiger partial charge is 0.153 e. The van der Waals surface area contributed by atoms with Gasteiger partial charge < -0.3 is 10.0 Å². The van der Waals surface area contributed by atoms with Gasteiger partial charge in [-0.3, -0.25) is 4.79 Å². The molecule has 0 saturated carbocycles. The first-order valence-corrected chi connectivity index (χ1v) is 5.40. The summed E-state index contributed by atoms with van der Waals surface area (Å²) < 4.78 is 0. The molecule has 3 nitrogen and oxygen atoms in total. The Kier molecular flexibility index (Phi) is 3.94. The average Bonchev–Trinajstić information content (AvgIpc) is 2.14. The van der Waals surface area contributed by atoms with Crippen LogP contribution in [0.15, 0.2) is 18.2 Å². The van der Waals surface area contributed by atoms with Gasteiger partial charge in [0, 0.05) is 19.3 Å². The number of carbonyl (C=O) groups excluding carboxylic acids is 1. The highest BCUT2D eigenvalue weighted by Crippen LogP contribution is 2.25. The second-order valence-electron chi connectivity index (χ2n) is 4.46. The summed E-state index contributed by atoms with van der Waals surface area (Å²) in [6.07, 6.45) is 0.735. The van der Waals surface area contributed by atoms with E-state index in [4.69, 9.17) is 11.6 Å². The van der Waals surface area contributed by atoms with Gasteiger partial charge >= 0.3 is 0 Å². The third-order valence-electron chi connectivity index (χ3n) is 2.18. The van der Waals surface area contributed by atoms with Crippen molar-refractivity contribution in [2.24, 2.45) is 0 Å². The van der Waals surface area contributed by atoms with Crippen molar-refractivity contribution in [2.45, 2.75) is 19.4 Å². The normalized spacial score (nSPS) is 11.3. The summed E-state index contributed by atoms with van der Waals surface area (Å²) in [5.41, 5.74) is 0.359. The third-order valence-corrected chi connectivity index (χ3v) is 2.51. The van der Waals surface area contributed by atoms with Gasteiger partial charge in [-0.2, -0.15) is 0 Å². The summed E-state index contributed by atoms with van der Waals surface area (Å²) in [5, 5.41) is 10.1. The maximum absolute atomic E-state index is 10.9. The largest absolute Gasteiger partial charge is 0.389 e. The number of aldehydes is 1. The van der Waals surface area contributed by atoms with Crippen LogP contribution in [0.5, 0.6) is 0 Å². The van der Waals surface area contributed by atoms with Crippen LogP contribution >= 0.6 is 11.6 Å². The van der Waals surface area contributed by atoms with E-state index < -0.39 is 5.60 Å². The number of halogens is 1. The maximum atomic E-state index is 10.9. The number of benzene rings is 1. The number of likely N-dealkylation sites (N-methyl/N-ethyl adjacent to an activating group) is 1. The van der Waals surface area contributed by atoms with E-state index in [1.165, 1.54) is 0 Å². The summed E-state index contributed by atoms with van der Waals surface area (Å²) in [6, 6.07) is 5.26. The van der Waals surface area contributed by atoms with Gasteiger partial charge in [-0.05, 0) is 26.0 Å². The summed E-state index contributed by atoms with van der Waals surface area (Å²) in [4.78, 5) is 12.8. The fourth-order valence-electron chi connectivity index (χ4n) is 1.64. The molecule has 0 aliphatic heterocycles. The first-order valence-electron chi connectivity index (χ1n) is 5.02. The van der Waals surface area contributed by atoms with Crippen molar-refractivity contribution in [3.8, 4) is 0 Å². The lowest BCUT2D eigenvalue weighted by atomic mass is 10.1. The number of rotatable bonds is 4. The van der Waals surface area contributed by atoms with E-state index in [1.807, 2.05) is 11.9 Å². The molecule has 0 amide bonds. The quantitative estimate of drug-likeness (QED) is 0.823. The Morgan fingerprint density at radius 3 is 2.62 bits per heavy atom. The van der Waals surface area contributed by atoms with Crippen LogP contribution in [0.25, 0.3) is 0 Å². The summed E-state index contributed by atoms with van der Waals surface area (Å²) in [5.74, 6) is 0. The molecule has 4 heteroatoms. The van der Waals surface area contributed by atoms with Crippen molar-refractivity contribution >= 4 is 23.6 Å². The van der Waals surface area contributed by atoms with E-state index in [9.17, 15) is 9.90 Å². The molecule has 16 heavy (non-hydrogen) atoms. The van der Waals surface area contributed by atoms with Crippen molar-refractivity contribution < 1.29 is 9.90 Å². The Balaban J connectivity index is 3.04. The van der Waals surface area contributed by atoms with Crippen molar-refractivity contribution in [1.29, 1.82) is 0 Å². The molecule has 0 aromatic heterocycles. The van der Waals surface area contributed by atoms with E-state index in [2.05, 4.69) is 0 Å². The molecule has 0 radical (unpaired) electrons. The van der Waals surface area contributed by atoms with Crippen molar-refractivity contribution in [2.75, 3.05) is 18.5 Å². The van der Waals surface area contributed by atoms with E-state index >= 15 is 0 Å². The molecule has 0 saturated heterocycles. The van der Waals surface area contributed by atoms with Crippen molar-refractivity contribution in [1.82, 2.24) is 0 Å². The Labute approximate surface area is 101 Å². The van der Waals surface area contributed by atoms with Crippen LogP contribution in [0.1, 0.15) is 24.2 Å². The van der Waals surface area contributed by atoms with Gasteiger partial charge in [-0.1, -0.05) is 17.7 Å². The summed E-state index contributed by atoms with van der Waals surface area (Å²) >= 11 is 5.92. The molecule has 88 valence electrons. The van der Waals surface area contributed by atoms with Gasteiger partial charge in [0.15, 0.2) is 6.29 Å². The molecule has 0 aliphatic carbocycles. The number of carbonyl (C=O) groups is 1. The van der Waals surface area contributed by atoms with E-state index in [1.54, 1.807) is 32.0 Å². The Morgan fingerprint density at radius 1 is 1.50 bits per heavy atom. The molecule has 0 bridgehead atoms. The lowest BCUT2D eigenvalue weighted by Gasteiger charge is -2.28. The van der Waals surface area contributed by atoms with Crippen LogP contribution in [-0.4, -0.2) is 30.6 Å². The lowest BCUT2D eigenvalue weighted by molar-refractivity contribution is 0.0884. The van der Waals surface area contributed by atoms with Gasteiger partial charge in [0.25, 0.3) is 0 Å². The van der Waals surface area contributed by atoms with Gasteiger partial charge in [0.2, 0.25) is 0 Å². The Morgan fingerprint density at radius 2 is 2.12 bits per heavy atom. The monoisotopic (exact) mass is 241 g/mol. The van der Waals surface area contributed by atoms with Crippen LogP contribution in [0.2, 0.25) is 5.02 Å². The zero-order valence-corrected chi connectivity index (χ0v) is 10.5. The molecule has 1 aromatic rings. The third kappa shape index (κ3) is 3.22. The minimum atomic E-state index is -0.822. The number of hydrogen-bond acceptors (Lipinski definition) is 3. The standard InChI is InChI=1S/C12H16ClNO2/c1-12(2,16)8-14(3)11-6-4-5-10(13)9(11)7-15/h4-7,16H,8H2,1-3H3. The molecule has 0 unspecified atom stereocenters. The fourth-order valence-corrected chi connectivity index (χ4v) is 1.85. The minimum Gasteiger partial charge on any atom is -0.389 e. The number of aliphatic hydroxyl groups is 1. The average molecular weight is 242 g/mol. The van der Waals surface area contributed by atoms with Crippen LogP contribution in [-0.2, 0) is 0 Å². The molecule has 0 heterocycles. The zero-order valence-electron chi connectivity index (χ0n) is 9.70. The SMILES string of the molecule is CN(CC(C)(C)O)c1cccc(Cl)c1C=O. The molecule has 0 fully saturated rings. The number of anilines is 1. The first-order chi connectivity index (χ1) is 7.35. The van der Waals surface area contributed by atoms with E-state index in [-0.39, 0.29) is 0 Å². The first kappa shape index (κ1) is 13.0. The van der Waals surface area contributed by atoms with Crippen molar-refractivity contribution in [3.63, 3.8) is 0 Å². The minimum absolute atomic E-state index is 0.425. The molecule has 0 aliphatic rings. The number of nitrogens with zero attached hydrogens (tertiary/aromatic N) is 1. The van der Waals surface area contributed by atoms with Gasteiger partial charge in [-0.15, -0.1) is 0 Å². The lowest BCUT2D eigenvalue weighted by Crippen LogP contribution is -2.36. The van der Waals surface area contributed by atoms with Gasteiger partial charge in [-0.25, -0.2) is 0 Å². The summed E-state index contributed by atoms with van der Waals surface area (Å²) in [7, 11) is 1.82. The van der Waals surface area contributed by atoms with Gasteiger partial charge in [0.05, 0.1) is 16.2 Å². The fraction of sp³-hybridized carbons (Fsp3) is 0.417. The molecule has 1 aromatic carbocycles. The molecule has 1 N–H and O–H groups in total. The molecule has 1 rings (SSSR count). The second-order valence-corrected chi connectivity index (χ2v) is 4.87. The highest BCUT2D eigenvalue weighted by Gasteiger charge is 2.18. The zero-order chi connectivity index (χ0) is 12.3. The molecular weight excluding hydrogens is 226 g/mol. The topological polar surface area (TPSA) is 40.5 Å². The van der Waals surface area contributed by atoms with Crippen LogP contribution in [0.3, 0.4) is 0 Å². The molecule has 0 spiro atoms. The van der Waals surface area contributed by atoms with E-state index in [0.29, 0.717) is 17.1 Å².